The van der Waals surface area contributed by atoms with Crippen molar-refractivity contribution in [2.24, 2.45) is 0 Å². The average Bonchev–Trinajstić information content (AvgIpc) is 2.42. The van der Waals surface area contributed by atoms with Gasteiger partial charge in [-0.2, -0.15) is 0 Å². The standard InChI is InChI=1S/C13H14ClN3O3S/c1-2-20-10-5-3-4-9(6-10)17-21(18,19)11-7-12(14)13(15)16-8-11/h3-8,17H,2H2,1H3,(H2,15,16). The van der Waals surface area contributed by atoms with E-state index in [1.54, 1.807) is 24.3 Å². The lowest BCUT2D eigenvalue weighted by Gasteiger charge is -2.10. The molecule has 21 heavy (non-hydrogen) atoms. The van der Waals surface area contributed by atoms with Gasteiger partial charge in [0.1, 0.15) is 16.5 Å². The molecule has 0 fully saturated rings. The summed E-state index contributed by atoms with van der Waals surface area (Å²) < 4.78 is 32.2. The Morgan fingerprint density at radius 2 is 2.14 bits per heavy atom. The van der Waals surface area contributed by atoms with Gasteiger partial charge in [0.05, 0.1) is 17.3 Å². The van der Waals surface area contributed by atoms with Crippen LogP contribution in [0.1, 0.15) is 6.92 Å². The topological polar surface area (TPSA) is 94.3 Å². The highest BCUT2D eigenvalue weighted by Gasteiger charge is 2.16. The van der Waals surface area contributed by atoms with Crippen molar-refractivity contribution in [3.63, 3.8) is 0 Å². The van der Waals surface area contributed by atoms with Crippen LogP contribution in [0.3, 0.4) is 0 Å². The molecule has 0 atom stereocenters. The molecule has 1 heterocycles. The van der Waals surface area contributed by atoms with Crippen molar-refractivity contribution >= 4 is 33.1 Å². The van der Waals surface area contributed by atoms with Crippen LogP contribution < -0.4 is 15.2 Å². The van der Waals surface area contributed by atoms with Crippen LogP contribution in [0.2, 0.25) is 5.02 Å². The number of nitrogens with zero attached hydrogens (tertiary/aromatic N) is 1. The number of rotatable bonds is 5. The molecule has 112 valence electrons. The zero-order valence-corrected chi connectivity index (χ0v) is 12.8. The molecule has 8 heteroatoms. The van der Waals surface area contributed by atoms with Crippen LogP contribution in [0.4, 0.5) is 11.5 Å². The van der Waals surface area contributed by atoms with Gasteiger partial charge in [0.2, 0.25) is 0 Å². The van der Waals surface area contributed by atoms with Crippen LogP contribution >= 0.6 is 11.6 Å². The van der Waals surface area contributed by atoms with Crippen molar-refractivity contribution in [2.45, 2.75) is 11.8 Å². The predicted molar refractivity (Wildman–Crippen MR) is 82.1 cm³/mol. The molecule has 0 aliphatic heterocycles. The van der Waals surface area contributed by atoms with Gasteiger partial charge in [-0.1, -0.05) is 17.7 Å². The number of hydrogen-bond acceptors (Lipinski definition) is 5. The molecule has 0 spiro atoms. The largest absolute Gasteiger partial charge is 0.494 e. The number of anilines is 2. The second kappa shape index (κ2) is 6.19. The van der Waals surface area contributed by atoms with E-state index in [1.165, 1.54) is 6.07 Å². The molecule has 0 saturated heterocycles. The maximum absolute atomic E-state index is 12.2. The lowest BCUT2D eigenvalue weighted by atomic mass is 10.3. The van der Waals surface area contributed by atoms with E-state index in [9.17, 15) is 8.42 Å². The first kappa shape index (κ1) is 15.4. The van der Waals surface area contributed by atoms with E-state index in [4.69, 9.17) is 22.1 Å². The maximum Gasteiger partial charge on any atom is 0.263 e. The lowest BCUT2D eigenvalue weighted by Crippen LogP contribution is -2.13. The van der Waals surface area contributed by atoms with Crippen LogP contribution in [-0.2, 0) is 10.0 Å². The third-order valence-corrected chi connectivity index (χ3v) is 4.20. The maximum atomic E-state index is 12.2. The minimum atomic E-state index is -3.79. The van der Waals surface area contributed by atoms with Crippen molar-refractivity contribution in [1.29, 1.82) is 0 Å². The number of hydrogen-bond donors (Lipinski definition) is 2. The smallest absolute Gasteiger partial charge is 0.263 e. The number of nitrogen functional groups attached to an aromatic ring is 1. The lowest BCUT2D eigenvalue weighted by molar-refractivity contribution is 0.340. The second-order valence-electron chi connectivity index (χ2n) is 4.10. The van der Waals surface area contributed by atoms with Crippen molar-refractivity contribution in [3.8, 4) is 5.75 Å². The van der Waals surface area contributed by atoms with Crippen LogP contribution in [0.25, 0.3) is 0 Å². The SMILES string of the molecule is CCOc1cccc(NS(=O)(=O)c2cnc(N)c(Cl)c2)c1. The van der Waals surface area contributed by atoms with Crippen LogP contribution in [0.15, 0.2) is 41.4 Å². The zero-order valence-electron chi connectivity index (χ0n) is 11.2. The molecular weight excluding hydrogens is 314 g/mol. The molecule has 0 bridgehead atoms. The highest BCUT2D eigenvalue weighted by molar-refractivity contribution is 7.92. The number of benzene rings is 1. The third kappa shape index (κ3) is 3.77. The monoisotopic (exact) mass is 327 g/mol. The molecule has 2 rings (SSSR count). The quantitative estimate of drug-likeness (QED) is 0.880. The predicted octanol–water partition coefficient (Wildman–Crippen LogP) is 2.52. The minimum Gasteiger partial charge on any atom is -0.494 e. The number of nitrogens with two attached hydrogens (primary N) is 1. The number of ether oxygens (including phenoxy) is 1. The summed E-state index contributed by atoms with van der Waals surface area (Å²) in [5.74, 6) is 0.653. The molecule has 0 aliphatic carbocycles. The summed E-state index contributed by atoms with van der Waals surface area (Å²) in [7, 11) is -3.79. The van der Waals surface area contributed by atoms with Gasteiger partial charge in [0.15, 0.2) is 0 Å². The van der Waals surface area contributed by atoms with Gasteiger partial charge in [0.25, 0.3) is 10.0 Å². The van der Waals surface area contributed by atoms with Gasteiger partial charge in [-0.3, -0.25) is 4.72 Å². The van der Waals surface area contributed by atoms with Crippen molar-refractivity contribution in [1.82, 2.24) is 4.98 Å². The summed E-state index contributed by atoms with van der Waals surface area (Å²) in [6.07, 6.45) is 1.15. The van der Waals surface area contributed by atoms with E-state index >= 15 is 0 Å². The van der Waals surface area contributed by atoms with Gasteiger partial charge in [0, 0.05) is 12.3 Å². The molecule has 0 amide bonds. The Labute approximate surface area is 128 Å². The summed E-state index contributed by atoms with van der Waals surface area (Å²) >= 11 is 5.79. The Hall–Kier alpha value is -1.99. The molecule has 0 radical (unpaired) electrons. The fourth-order valence-corrected chi connectivity index (χ4v) is 2.86. The third-order valence-electron chi connectivity index (χ3n) is 2.55. The van der Waals surface area contributed by atoms with E-state index < -0.39 is 10.0 Å². The summed E-state index contributed by atoms with van der Waals surface area (Å²) in [5.41, 5.74) is 5.85. The molecule has 0 unspecified atom stereocenters. The molecule has 0 aliphatic rings. The first-order valence-corrected chi connectivity index (χ1v) is 7.95. The van der Waals surface area contributed by atoms with E-state index in [2.05, 4.69) is 9.71 Å². The average molecular weight is 328 g/mol. The van der Waals surface area contributed by atoms with Crippen LogP contribution in [0, 0.1) is 0 Å². The van der Waals surface area contributed by atoms with E-state index in [1.807, 2.05) is 6.92 Å². The van der Waals surface area contributed by atoms with Crippen molar-refractivity contribution < 1.29 is 13.2 Å². The molecule has 3 N–H and O–H groups in total. The molecule has 1 aromatic carbocycles. The Kier molecular flexibility index (Phi) is 4.54. The molecule has 1 aromatic heterocycles. The molecular formula is C13H14ClN3O3S. The molecule has 0 saturated carbocycles. The van der Waals surface area contributed by atoms with Gasteiger partial charge in [-0.15, -0.1) is 0 Å². The summed E-state index contributed by atoms with van der Waals surface area (Å²) in [4.78, 5) is 3.67. The summed E-state index contributed by atoms with van der Waals surface area (Å²) in [6, 6.07) is 7.89. The van der Waals surface area contributed by atoms with Crippen LogP contribution in [-0.4, -0.2) is 20.0 Å². The zero-order chi connectivity index (χ0) is 15.5. The Morgan fingerprint density at radius 3 is 2.81 bits per heavy atom. The van der Waals surface area contributed by atoms with E-state index in [0.29, 0.717) is 18.0 Å². The van der Waals surface area contributed by atoms with Crippen LogP contribution in [0.5, 0.6) is 5.75 Å². The number of aromatic nitrogens is 1. The van der Waals surface area contributed by atoms with Gasteiger partial charge in [-0.25, -0.2) is 13.4 Å². The van der Waals surface area contributed by atoms with Crippen molar-refractivity contribution in [3.05, 3.63) is 41.6 Å². The number of pyridine rings is 1. The molecule has 2 aromatic rings. The fraction of sp³-hybridized carbons (Fsp3) is 0.154. The first-order chi connectivity index (χ1) is 9.92. The minimum absolute atomic E-state index is 0.0662. The normalized spacial score (nSPS) is 11.1. The molecule has 6 nitrogen and oxygen atoms in total. The number of halogens is 1. The highest BCUT2D eigenvalue weighted by Crippen LogP contribution is 2.23. The fourth-order valence-electron chi connectivity index (χ4n) is 1.61. The number of sulfonamides is 1. The Bertz CT molecular complexity index is 750. The van der Waals surface area contributed by atoms with Gasteiger partial charge in [-0.05, 0) is 25.1 Å². The Balaban J connectivity index is 2.28. The highest BCUT2D eigenvalue weighted by atomic mass is 35.5. The summed E-state index contributed by atoms with van der Waals surface area (Å²) in [6.45, 7) is 2.34. The van der Waals surface area contributed by atoms with Gasteiger partial charge >= 0.3 is 0 Å². The first-order valence-electron chi connectivity index (χ1n) is 6.09. The van der Waals surface area contributed by atoms with Crippen molar-refractivity contribution in [2.75, 3.05) is 17.1 Å². The number of nitrogens with one attached hydrogen (secondary N) is 1. The second-order valence-corrected chi connectivity index (χ2v) is 6.19. The van der Waals surface area contributed by atoms with E-state index in [0.717, 1.165) is 6.20 Å². The van der Waals surface area contributed by atoms with Gasteiger partial charge < -0.3 is 10.5 Å². The van der Waals surface area contributed by atoms with E-state index in [-0.39, 0.29) is 15.7 Å². The summed E-state index contributed by atoms with van der Waals surface area (Å²) in [5, 5.41) is 0.0842. The Morgan fingerprint density at radius 1 is 1.38 bits per heavy atom.